The lowest BCUT2D eigenvalue weighted by molar-refractivity contribution is 0.761. The van der Waals surface area contributed by atoms with Crippen molar-refractivity contribution in [3.63, 3.8) is 0 Å². The van der Waals surface area contributed by atoms with Gasteiger partial charge in [-0.05, 0) is 80.0 Å². The van der Waals surface area contributed by atoms with Crippen LogP contribution in [0.25, 0.3) is 0 Å². The van der Waals surface area contributed by atoms with Crippen LogP contribution < -0.4 is 0 Å². The molecule has 12 heavy (non-hydrogen) atoms. The number of hydrogen-bond acceptors (Lipinski definition) is 0. The zero-order valence-electron chi connectivity index (χ0n) is 7.75. The molecule has 0 spiro atoms. The van der Waals surface area contributed by atoms with Gasteiger partial charge in [0.05, 0.1) is 0 Å². The van der Waals surface area contributed by atoms with Gasteiger partial charge in [0.1, 0.15) is 0 Å². The average Bonchev–Trinajstić information content (AvgIpc) is 1.97. The molecule has 0 aromatic carbocycles. The first-order chi connectivity index (χ1) is 5.54. The van der Waals surface area contributed by atoms with Crippen LogP contribution in [0, 0.1) is 5.92 Å². The van der Waals surface area contributed by atoms with Gasteiger partial charge < -0.3 is 0 Å². The Kier molecular flexibility index (Phi) is 4.08. The molecule has 0 aromatic heterocycles. The largest absolute Gasteiger partial charge is 0.0593 e. The molecule has 0 aliphatic heterocycles. The monoisotopic (exact) mass is 388 g/mol. The molecule has 0 nitrogen and oxygen atoms in total. The van der Waals surface area contributed by atoms with Crippen molar-refractivity contribution in [2.75, 3.05) is 0 Å². The highest BCUT2D eigenvalue weighted by Gasteiger charge is 2.18. The summed E-state index contributed by atoms with van der Waals surface area (Å²) in [5, 5.41) is 0. The van der Waals surface area contributed by atoms with Crippen LogP contribution in [0.1, 0.15) is 33.6 Å². The molecule has 68 valence electrons. The van der Waals surface area contributed by atoms with Gasteiger partial charge in [0, 0.05) is 3.58 Å². The van der Waals surface area contributed by atoms with E-state index in [0.29, 0.717) is 5.92 Å². The van der Waals surface area contributed by atoms with Crippen LogP contribution in [0.15, 0.2) is 18.3 Å². The maximum atomic E-state index is 2.50. The highest BCUT2D eigenvalue weighted by atomic mass is 127. The standard InChI is InChI=1S/C10H14I2/c1-6(2)9-8(11)5-4-7(3)10(9)12/h6H,4-5H2,1-3H3. The highest BCUT2D eigenvalue weighted by molar-refractivity contribution is 14.1. The Morgan fingerprint density at radius 1 is 1.17 bits per heavy atom. The topological polar surface area (TPSA) is 0 Å². The van der Waals surface area contributed by atoms with E-state index in [1.165, 1.54) is 16.4 Å². The smallest absolute Gasteiger partial charge is 0.0161 e. The van der Waals surface area contributed by atoms with Crippen molar-refractivity contribution >= 4 is 45.2 Å². The maximum Gasteiger partial charge on any atom is 0.0161 e. The van der Waals surface area contributed by atoms with Gasteiger partial charge in [-0.2, -0.15) is 0 Å². The third kappa shape index (κ3) is 2.25. The molecular formula is C10H14I2. The van der Waals surface area contributed by atoms with Crippen LogP contribution in [0.4, 0.5) is 0 Å². The number of allylic oxidation sites excluding steroid dienone is 4. The first kappa shape index (κ1) is 11.0. The molecule has 0 saturated carbocycles. The van der Waals surface area contributed by atoms with Crippen LogP contribution in [0.3, 0.4) is 0 Å². The van der Waals surface area contributed by atoms with E-state index in [1.807, 2.05) is 0 Å². The molecule has 0 amide bonds. The van der Waals surface area contributed by atoms with Crippen LogP contribution >= 0.6 is 45.2 Å². The maximum absolute atomic E-state index is 2.50. The zero-order chi connectivity index (χ0) is 9.30. The minimum absolute atomic E-state index is 0.680. The van der Waals surface area contributed by atoms with E-state index in [-0.39, 0.29) is 0 Å². The number of rotatable bonds is 1. The van der Waals surface area contributed by atoms with Crippen molar-refractivity contribution in [3.05, 3.63) is 18.3 Å². The molecule has 0 unspecified atom stereocenters. The van der Waals surface area contributed by atoms with Gasteiger partial charge in [0.2, 0.25) is 0 Å². The van der Waals surface area contributed by atoms with Gasteiger partial charge in [-0.3, -0.25) is 0 Å². The van der Waals surface area contributed by atoms with Gasteiger partial charge >= 0.3 is 0 Å². The van der Waals surface area contributed by atoms with Crippen LogP contribution in [0.5, 0.6) is 0 Å². The van der Waals surface area contributed by atoms with Crippen molar-refractivity contribution < 1.29 is 0 Å². The van der Waals surface area contributed by atoms with Crippen molar-refractivity contribution in [3.8, 4) is 0 Å². The van der Waals surface area contributed by atoms with Crippen LogP contribution in [0.2, 0.25) is 0 Å². The van der Waals surface area contributed by atoms with Gasteiger partial charge in [-0.25, -0.2) is 0 Å². The fourth-order valence-electron chi connectivity index (χ4n) is 1.46. The summed E-state index contributed by atoms with van der Waals surface area (Å²) in [6.45, 7) is 6.82. The molecule has 0 N–H and O–H groups in total. The molecule has 1 aliphatic rings. The second kappa shape index (κ2) is 4.44. The fourth-order valence-corrected chi connectivity index (χ4v) is 4.35. The molecule has 0 fully saturated rings. The normalized spacial score (nSPS) is 19.5. The first-order valence-electron chi connectivity index (χ1n) is 4.28. The Morgan fingerprint density at radius 2 is 1.75 bits per heavy atom. The SMILES string of the molecule is CC1=C(I)C(C(C)C)=C(I)CC1. The van der Waals surface area contributed by atoms with E-state index in [1.54, 1.807) is 14.7 Å². The van der Waals surface area contributed by atoms with Crippen molar-refractivity contribution in [1.82, 2.24) is 0 Å². The lowest BCUT2D eigenvalue weighted by atomic mass is 9.93. The summed E-state index contributed by atoms with van der Waals surface area (Å²) in [6.07, 6.45) is 2.51. The third-order valence-corrected chi connectivity index (χ3v) is 4.82. The molecule has 1 rings (SSSR count). The minimum Gasteiger partial charge on any atom is -0.0593 e. The molecule has 0 bridgehead atoms. The summed E-state index contributed by atoms with van der Waals surface area (Å²) in [6, 6.07) is 0. The Hall–Kier alpha value is 0.940. The van der Waals surface area contributed by atoms with Gasteiger partial charge in [-0.15, -0.1) is 0 Å². The zero-order valence-corrected chi connectivity index (χ0v) is 12.1. The van der Waals surface area contributed by atoms with Crippen molar-refractivity contribution in [2.24, 2.45) is 5.92 Å². The molecular weight excluding hydrogens is 374 g/mol. The highest BCUT2D eigenvalue weighted by Crippen LogP contribution is 2.40. The molecule has 1 aliphatic carbocycles. The first-order valence-corrected chi connectivity index (χ1v) is 6.44. The Balaban J connectivity index is 3.07. The molecule has 0 radical (unpaired) electrons. The summed E-state index contributed by atoms with van der Waals surface area (Å²) in [5.74, 6) is 0.680. The van der Waals surface area contributed by atoms with E-state index in [9.17, 15) is 0 Å². The summed E-state index contributed by atoms with van der Waals surface area (Å²) in [4.78, 5) is 0. The predicted molar refractivity (Wildman–Crippen MR) is 71.8 cm³/mol. The van der Waals surface area contributed by atoms with Crippen LogP contribution in [-0.2, 0) is 0 Å². The predicted octanol–water partition coefficient (Wildman–Crippen LogP) is 4.83. The van der Waals surface area contributed by atoms with E-state index in [2.05, 4.69) is 66.0 Å². The number of halogens is 2. The van der Waals surface area contributed by atoms with E-state index in [0.717, 1.165) is 0 Å². The lowest BCUT2D eigenvalue weighted by Crippen LogP contribution is -2.03. The summed E-state index contributed by atoms with van der Waals surface area (Å²) in [5.41, 5.74) is 3.15. The van der Waals surface area contributed by atoms with Crippen molar-refractivity contribution in [2.45, 2.75) is 33.6 Å². The fraction of sp³-hybridized carbons (Fsp3) is 0.600. The molecule has 0 aromatic rings. The van der Waals surface area contributed by atoms with Crippen molar-refractivity contribution in [1.29, 1.82) is 0 Å². The summed E-state index contributed by atoms with van der Waals surface area (Å²) in [7, 11) is 0. The second-order valence-corrected chi connectivity index (χ2v) is 5.95. The second-order valence-electron chi connectivity index (χ2n) is 3.57. The van der Waals surface area contributed by atoms with Gasteiger partial charge in [-0.1, -0.05) is 19.4 Å². The molecule has 0 heterocycles. The van der Waals surface area contributed by atoms with Gasteiger partial charge in [0.15, 0.2) is 0 Å². The van der Waals surface area contributed by atoms with E-state index in [4.69, 9.17) is 0 Å². The number of hydrogen-bond donors (Lipinski definition) is 0. The third-order valence-electron chi connectivity index (χ3n) is 2.20. The van der Waals surface area contributed by atoms with Gasteiger partial charge in [0.25, 0.3) is 0 Å². The van der Waals surface area contributed by atoms with E-state index >= 15 is 0 Å². The molecule has 2 heteroatoms. The Labute approximate surface area is 102 Å². The Morgan fingerprint density at radius 3 is 2.17 bits per heavy atom. The molecule has 0 atom stereocenters. The summed E-state index contributed by atoms with van der Waals surface area (Å²) >= 11 is 4.99. The van der Waals surface area contributed by atoms with E-state index < -0.39 is 0 Å². The summed E-state index contributed by atoms with van der Waals surface area (Å²) < 4.78 is 3.08. The molecule has 0 saturated heterocycles. The van der Waals surface area contributed by atoms with Crippen LogP contribution in [-0.4, -0.2) is 0 Å². The minimum atomic E-state index is 0.680. The lowest BCUT2D eigenvalue weighted by Gasteiger charge is -2.21. The Bertz CT molecular complexity index is 247. The average molecular weight is 388 g/mol. The quantitative estimate of drug-likeness (QED) is 0.565.